The van der Waals surface area contributed by atoms with Gasteiger partial charge in [0.25, 0.3) is 0 Å². The molecule has 3 nitrogen and oxygen atoms in total. The SMILES string of the molecule is NC(Cc1cccc(C(F)(F)F)c1)c1cnc[nH]1. The van der Waals surface area contributed by atoms with Crippen LogP contribution in [0.4, 0.5) is 13.2 Å². The maximum atomic E-state index is 12.5. The van der Waals surface area contributed by atoms with Gasteiger partial charge in [0.05, 0.1) is 23.6 Å². The van der Waals surface area contributed by atoms with Crippen LogP contribution >= 0.6 is 0 Å². The number of imidazole rings is 1. The summed E-state index contributed by atoms with van der Waals surface area (Å²) in [5, 5.41) is 0. The molecule has 0 aliphatic heterocycles. The van der Waals surface area contributed by atoms with Crippen molar-refractivity contribution in [1.29, 1.82) is 0 Å². The number of nitrogens with one attached hydrogen (secondary N) is 1. The van der Waals surface area contributed by atoms with Crippen molar-refractivity contribution in [2.75, 3.05) is 0 Å². The summed E-state index contributed by atoms with van der Waals surface area (Å²) >= 11 is 0. The maximum Gasteiger partial charge on any atom is 0.416 e. The number of aromatic amines is 1. The highest BCUT2D eigenvalue weighted by atomic mass is 19.4. The van der Waals surface area contributed by atoms with E-state index in [4.69, 9.17) is 5.73 Å². The Kier molecular flexibility index (Phi) is 3.38. The van der Waals surface area contributed by atoms with Crippen molar-refractivity contribution in [1.82, 2.24) is 9.97 Å². The van der Waals surface area contributed by atoms with E-state index in [-0.39, 0.29) is 0 Å². The largest absolute Gasteiger partial charge is 0.416 e. The van der Waals surface area contributed by atoms with Crippen molar-refractivity contribution in [2.24, 2.45) is 5.73 Å². The van der Waals surface area contributed by atoms with Crippen LogP contribution in [-0.2, 0) is 12.6 Å². The number of hydrogen-bond acceptors (Lipinski definition) is 2. The summed E-state index contributed by atoms with van der Waals surface area (Å²) in [5.41, 5.74) is 6.47. The van der Waals surface area contributed by atoms with Crippen LogP contribution in [0, 0.1) is 0 Å². The van der Waals surface area contributed by atoms with Gasteiger partial charge in [0, 0.05) is 6.20 Å². The molecule has 0 aliphatic rings. The van der Waals surface area contributed by atoms with Crippen molar-refractivity contribution >= 4 is 0 Å². The van der Waals surface area contributed by atoms with Crippen molar-refractivity contribution in [3.63, 3.8) is 0 Å². The quantitative estimate of drug-likeness (QED) is 0.885. The number of H-pyrrole nitrogens is 1. The molecule has 18 heavy (non-hydrogen) atoms. The Bertz CT molecular complexity index is 506. The molecule has 0 saturated carbocycles. The second-order valence-corrected chi connectivity index (χ2v) is 4.02. The monoisotopic (exact) mass is 255 g/mol. The number of nitrogens with zero attached hydrogens (tertiary/aromatic N) is 1. The molecule has 0 bridgehead atoms. The van der Waals surface area contributed by atoms with Gasteiger partial charge in [-0.2, -0.15) is 13.2 Å². The van der Waals surface area contributed by atoms with Crippen LogP contribution in [0.5, 0.6) is 0 Å². The van der Waals surface area contributed by atoms with Gasteiger partial charge in [0.15, 0.2) is 0 Å². The Balaban J connectivity index is 2.15. The standard InChI is InChI=1S/C12H12F3N3/c13-12(14,15)9-3-1-2-8(4-9)5-10(16)11-6-17-7-18-11/h1-4,6-7,10H,5,16H2,(H,17,18). The lowest BCUT2D eigenvalue weighted by molar-refractivity contribution is -0.137. The first-order chi connectivity index (χ1) is 8.47. The fraction of sp³-hybridized carbons (Fsp3) is 0.250. The normalized spacial score (nSPS) is 13.6. The Labute approximate surface area is 102 Å². The molecule has 1 aromatic heterocycles. The molecule has 0 spiro atoms. The van der Waals surface area contributed by atoms with E-state index in [1.165, 1.54) is 12.4 Å². The summed E-state index contributed by atoms with van der Waals surface area (Å²) in [6, 6.07) is 4.79. The van der Waals surface area contributed by atoms with E-state index in [9.17, 15) is 13.2 Å². The molecule has 6 heteroatoms. The molecule has 1 heterocycles. The van der Waals surface area contributed by atoms with Crippen LogP contribution in [0.15, 0.2) is 36.8 Å². The summed E-state index contributed by atoms with van der Waals surface area (Å²) in [5.74, 6) is 0. The van der Waals surface area contributed by atoms with E-state index in [0.29, 0.717) is 17.7 Å². The molecular weight excluding hydrogens is 243 g/mol. The lowest BCUT2D eigenvalue weighted by Crippen LogP contribution is -2.14. The van der Waals surface area contributed by atoms with Gasteiger partial charge < -0.3 is 10.7 Å². The number of alkyl halides is 3. The van der Waals surface area contributed by atoms with Crippen molar-refractivity contribution in [3.05, 3.63) is 53.6 Å². The molecular formula is C12H12F3N3. The van der Waals surface area contributed by atoms with Gasteiger partial charge in [-0.1, -0.05) is 18.2 Å². The lowest BCUT2D eigenvalue weighted by Gasteiger charge is -2.12. The van der Waals surface area contributed by atoms with Crippen LogP contribution < -0.4 is 5.73 Å². The van der Waals surface area contributed by atoms with Crippen molar-refractivity contribution in [3.8, 4) is 0 Å². The number of aromatic nitrogens is 2. The molecule has 1 aromatic carbocycles. The number of hydrogen-bond donors (Lipinski definition) is 2. The molecule has 96 valence electrons. The maximum absolute atomic E-state index is 12.5. The number of rotatable bonds is 3. The van der Waals surface area contributed by atoms with Crippen molar-refractivity contribution in [2.45, 2.75) is 18.6 Å². The minimum Gasteiger partial charge on any atom is -0.347 e. The van der Waals surface area contributed by atoms with E-state index < -0.39 is 17.8 Å². The van der Waals surface area contributed by atoms with Crippen LogP contribution in [0.25, 0.3) is 0 Å². The fourth-order valence-electron chi connectivity index (χ4n) is 1.71. The highest BCUT2D eigenvalue weighted by molar-refractivity contribution is 5.27. The zero-order chi connectivity index (χ0) is 13.2. The zero-order valence-corrected chi connectivity index (χ0v) is 9.41. The first-order valence-corrected chi connectivity index (χ1v) is 5.37. The fourth-order valence-corrected chi connectivity index (χ4v) is 1.71. The van der Waals surface area contributed by atoms with Gasteiger partial charge in [0.2, 0.25) is 0 Å². The highest BCUT2D eigenvalue weighted by Crippen LogP contribution is 2.30. The molecule has 2 aromatic rings. The molecule has 0 radical (unpaired) electrons. The first kappa shape index (κ1) is 12.6. The van der Waals surface area contributed by atoms with E-state index >= 15 is 0 Å². The summed E-state index contributed by atoms with van der Waals surface area (Å²) in [6.07, 6.45) is -0.945. The first-order valence-electron chi connectivity index (χ1n) is 5.37. The van der Waals surface area contributed by atoms with Crippen LogP contribution in [-0.4, -0.2) is 9.97 Å². The van der Waals surface area contributed by atoms with Crippen LogP contribution in [0.2, 0.25) is 0 Å². The highest BCUT2D eigenvalue weighted by Gasteiger charge is 2.30. The van der Waals surface area contributed by atoms with E-state index in [0.717, 1.165) is 12.1 Å². The van der Waals surface area contributed by atoms with Gasteiger partial charge in [-0.25, -0.2) is 4.98 Å². The summed E-state index contributed by atoms with van der Waals surface area (Å²) in [4.78, 5) is 6.67. The van der Waals surface area contributed by atoms with Crippen molar-refractivity contribution < 1.29 is 13.2 Å². The second kappa shape index (κ2) is 4.81. The Morgan fingerprint density at radius 3 is 2.72 bits per heavy atom. The molecule has 1 unspecified atom stereocenters. The summed E-state index contributed by atoms with van der Waals surface area (Å²) < 4.78 is 37.6. The third-order valence-electron chi connectivity index (χ3n) is 2.63. The molecule has 3 N–H and O–H groups in total. The van der Waals surface area contributed by atoms with Gasteiger partial charge >= 0.3 is 6.18 Å². The molecule has 0 saturated heterocycles. The Morgan fingerprint density at radius 2 is 2.11 bits per heavy atom. The minimum atomic E-state index is -4.33. The van der Waals surface area contributed by atoms with Gasteiger partial charge in [0.1, 0.15) is 0 Å². The lowest BCUT2D eigenvalue weighted by atomic mass is 10.0. The molecule has 2 rings (SSSR count). The average molecular weight is 255 g/mol. The predicted octanol–water partition coefficient (Wildman–Crippen LogP) is 2.67. The van der Waals surface area contributed by atoms with E-state index in [2.05, 4.69) is 9.97 Å². The van der Waals surface area contributed by atoms with E-state index in [1.54, 1.807) is 12.3 Å². The predicted molar refractivity (Wildman–Crippen MR) is 60.7 cm³/mol. The number of nitrogens with two attached hydrogens (primary N) is 1. The van der Waals surface area contributed by atoms with Gasteiger partial charge in [-0.15, -0.1) is 0 Å². The molecule has 1 atom stereocenters. The summed E-state index contributed by atoms with van der Waals surface area (Å²) in [7, 11) is 0. The number of benzene rings is 1. The van der Waals surface area contributed by atoms with Crippen LogP contribution in [0.3, 0.4) is 0 Å². The van der Waals surface area contributed by atoms with Crippen LogP contribution in [0.1, 0.15) is 22.9 Å². The molecule has 0 aliphatic carbocycles. The smallest absolute Gasteiger partial charge is 0.347 e. The number of halogens is 3. The average Bonchev–Trinajstić information content (AvgIpc) is 2.81. The third-order valence-corrected chi connectivity index (χ3v) is 2.63. The third kappa shape index (κ3) is 2.89. The van der Waals surface area contributed by atoms with E-state index in [1.807, 2.05) is 0 Å². The molecule has 0 amide bonds. The topological polar surface area (TPSA) is 54.7 Å². The van der Waals surface area contributed by atoms with Gasteiger partial charge in [-0.05, 0) is 18.1 Å². The van der Waals surface area contributed by atoms with Gasteiger partial charge in [-0.3, -0.25) is 0 Å². The Hall–Kier alpha value is -1.82. The minimum absolute atomic E-state index is 0.326. The Morgan fingerprint density at radius 1 is 1.33 bits per heavy atom. The second-order valence-electron chi connectivity index (χ2n) is 4.02. The summed E-state index contributed by atoms with van der Waals surface area (Å²) in [6.45, 7) is 0. The molecule has 0 fully saturated rings. The zero-order valence-electron chi connectivity index (χ0n) is 9.41.